The van der Waals surface area contributed by atoms with E-state index in [2.05, 4.69) is 11.3 Å². The van der Waals surface area contributed by atoms with E-state index in [1.54, 1.807) is 0 Å². The number of ether oxygens (including phenoxy) is 1. The predicted octanol–water partition coefficient (Wildman–Crippen LogP) is 6.67. The minimum atomic E-state index is -8.59. The first-order valence-electron chi connectivity index (χ1n) is 6.52. The second kappa shape index (κ2) is 7.65. The topological polar surface area (TPSA) is 9.23 Å². The second-order valence-corrected chi connectivity index (χ2v) is 5.13. The molecule has 0 radical (unpaired) electrons. The molecule has 18 heteroatoms. The van der Waals surface area contributed by atoms with E-state index in [1.807, 2.05) is 0 Å². The zero-order chi connectivity index (χ0) is 24.8. The van der Waals surface area contributed by atoms with Crippen LogP contribution in [0.25, 0.3) is 0 Å². The van der Waals surface area contributed by atoms with Crippen molar-refractivity contribution in [3.8, 4) is 0 Å². The molecule has 0 amide bonds. The second-order valence-electron chi connectivity index (χ2n) is 5.13. The number of hydrogen-bond acceptors (Lipinski definition) is 1. The molecule has 178 valence electrons. The van der Waals surface area contributed by atoms with Crippen LogP contribution in [0.4, 0.5) is 74.6 Å². The van der Waals surface area contributed by atoms with Crippen LogP contribution in [-0.4, -0.2) is 48.3 Å². The fourth-order valence-corrected chi connectivity index (χ4v) is 1.42. The summed E-state index contributed by atoms with van der Waals surface area (Å²) in [5.74, 6) is -53.8. The van der Waals surface area contributed by atoms with E-state index in [0.29, 0.717) is 6.08 Å². The molecule has 1 nitrogen and oxygen atoms in total. The lowest BCUT2D eigenvalue weighted by atomic mass is 9.91. The summed E-state index contributed by atoms with van der Waals surface area (Å²) in [7, 11) is 0. The van der Waals surface area contributed by atoms with E-state index in [1.165, 1.54) is 0 Å². The lowest BCUT2D eigenvalue weighted by Gasteiger charge is -2.41. The van der Waals surface area contributed by atoms with Gasteiger partial charge in [0.2, 0.25) is 5.83 Å². The molecule has 0 fully saturated rings. The van der Waals surface area contributed by atoms with Gasteiger partial charge in [0.05, 0.1) is 0 Å². The summed E-state index contributed by atoms with van der Waals surface area (Å²) < 4.78 is 221. The summed E-state index contributed by atoms with van der Waals surface area (Å²) in [5, 5.41) is 0. The van der Waals surface area contributed by atoms with Gasteiger partial charge in [-0.25, -0.2) is 0 Å². The van der Waals surface area contributed by atoms with Crippen molar-refractivity contribution in [2.75, 3.05) is 6.61 Å². The van der Waals surface area contributed by atoms with Gasteiger partial charge in [0.15, 0.2) is 0 Å². The van der Waals surface area contributed by atoms with Crippen molar-refractivity contribution in [3.05, 3.63) is 24.5 Å². The smallest absolute Gasteiger partial charge is 0.460 e. The molecule has 0 spiro atoms. The molecule has 0 rings (SSSR count). The van der Waals surface area contributed by atoms with Gasteiger partial charge in [0, 0.05) is 0 Å². The molecule has 0 aliphatic rings. The minimum absolute atomic E-state index is 0.422. The van der Waals surface area contributed by atoms with Crippen molar-refractivity contribution >= 4 is 0 Å². The molecule has 0 saturated carbocycles. The minimum Gasteiger partial charge on any atom is -0.465 e. The van der Waals surface area contributed by atoms with Gasteiger partial charge < -0.3 is 4.74 Å². The molecular weight excluding hydrogens is 483 g/mol. The van der Waals surface area contributed by atoms with Crippen molar-refractivity contribution in [1.29, 1.82) is 0 Å². The van der Waals surface area contributed by atoms with Crippen molar-refractivity contribution < 1.29 is 79.4 Å². The molecule has 0 aliphatic carbocycles. The number of halogens is 17. The molecule has 0 atom stereocenters. The van der Waals surface area contributed by atoms with Crippen LogP contribution < -0.4 is 0 Å². The van der Waals surface area contributed by atoms with Crippen LogP contribution in [0.15, 0.2) is 24.5 Å². The molecule has 0 bridgehead atoms. The monoisotopic (exact) mass is 488 g/mol. The molecule has 0 aromatic carbocycles. The number of rotatable bonds is 9. The Morgan fingerprint density at radius 1 is 0.600 bits per heavy atom. The van der Waals surface area contributed by atoms with Crippen molar-refractivity contribution in [1.82, 2.24) is 0 Å². The Bertz CT molecular complexity index is 671. The normalized spacial score (nSPS) is 16.3. The van der Waals surface area contributed by atoms with Crippen LogP contribution in [0.1, 0.15) is 0 Å². The zero-order valence-corrected chi connectivity index (χ0v) is 13.3. The van der Waals surface area contributed by atoms with Gasteiger partial charge in [0.1, 0.15) is 6.61 Å². The Morgan fingerprint density at radius 2 is 0.933 bits per heavy atom. The third-order valence-corrected chi connectivity index (χ3v) is 3.10. The maximum absolute atomic E-state index is 13.3. The van der Waals surface area contributed by atoms with E-state index >= 15 is 0 Å². The van der Waals surface area contributed by atoms with Crippen LogP contribution in [0.2, 0.25) is 0 Å². The van der Waals surface area contributed by atoms with Crippen LogP contribution in [-0.2, 0) is 4.74 Å². The summed E-state index contributed by atoms with van der Waals surface area (Å²) in [6.07, 6.45) is -7.34. The summed E-state index contributed by atoms with van der Waals surface area (Å²) in [5.41, 5.74) is 0. The predicted molar refractivity (Wildman–Crippen MR) is 61.1 cm³/mol. The highest BCUT2D eigenvalue weighted by atomic mass is 19.4. The third kappa shape index (κ3) is 3.76. The highest BCUT2D eigenvalue weighted by Crippen LogP contribution is 2.63. The number of alkyl halides is 15. The Labute approximate surface area is 153 Å². The van der Waals surface area contributed by atoms with Gasteiger partial charge in [-0.3, -0.25) is 0 Å². The van der Waals surface area contributed by atoms with Gasteiger partial charge in [-0.2, -0.15) is 74.6 Å². The highest BCUT2D eigenvalue weighted by Gasteiger charge is 2.93. The largest absolute Gasteiger partial charge is 0.465 e. The average molecular weight is 488 g/mol. The molecule has 0 N–H and O–H groups in total. The first-order chi connectivity index (χ1) is 12.9. The molecule has 0 saturated heterocycles. The maximum Gasteiger partial charge on any atom is 0.460 e. The molecule has 0 aromatic rings. The summed E-state index contributed by atoms with van der Waals surface area (Å²) in [6, 6.07) is -3.47. The first kappa shape index (κ1) is 28.1. The average Bonchev–Trinajstić information content (AvgIpc) is 2.56. The van der Waals surface area contributed by atoms with Crippen molar-refractivity contribution in [2.45, 2.75) is 41.7 Å². The van der Waals surface area contributed by atoms with Crippen molar-refractivity contribution in [2.24, 2.45) is 0 Å². The number of allylic oxidation sites excluding steroid dienone is 1. The fraction of sp³-hybridized carbons (Fsp3) is 0.667. The standard InChI is InChI=1S/C12H5F17O/c1-2-3-30-5(14)4(13)6(15,16)7(17,18)8(19,20)9(21,22)10(23,24)11(25,26)12(27,28)29/h2H,1,3H2. The Balaban J connectivity index is 6.66. The molecule has 0 aliphatic heterocycles. The van der Waals surface area contributed by atoms with Crippen molar-refractivity contribution in [3.63, 3.8) is 0 Å². The van der Waals surface area contributed by atoms with Gasteiger partial charge in [0.25, 0.3) is 0 Å². The summed E-state index contributed by atoms with van der Waals surface area (Å²) in [6.45, 7) is 1.39. The lowest BCUT2D eigenvalue weighted by molar-refractivity contribution is -0.451. The molecule has 0 aromatic heterocycles. The van der Waals surface area contributed by atoms with Crippen LogP contribution in [0, 0.1) is 0 Å². The summed E-state index contributed by atoms with van der Waals surface area (Å²) >= 11 is 0. The van der Waals surface area contributed by atoms with Crippen LogP contribution in [0.5, 0.6) is 0 Å². The Morgan fingerprint density at radius 3 is 1.27 bits per heavy atom. The van der Waals surface area contributed by atoms with E-state index in [0.717, 1.165) is 0 Å². The molecular formula is C12H5F17O. The van der Waals surface area contributed by atoms with Gasteiger partial charge in [-0.05, 0) is 0 Å². The van der Waals surface area contributed by atoms with Gasteiger partial charge in [-0.1, -0.05) is 12.7 Å². The SMILES string of the molecule is C=CCOC(F)=C(F)C(F)(F)C(F)(F)C(F)(F)C(F)(F)C(F)(F)C(F)(F)C(F)(F)F. The van der Waals surface area contributed by atoms with E-state index < -0.39 is 60.2 Å². The first-order valence-corrected chi connectivity index (χ1v) is 6.52. The van der Waals surface area contributed by atoms with E-state index in [4.69, 9.17) is 0 Å². The molecule has 0 heterocycles. The van der Waals surface area contributed by atoms with Crippen LogP contribution >= 0.6 is 0 Å². The van der Waals surface area contributed by atoms with E-state index in [9.17, 15) is 74.6 Å². The highest BCUT2D eigenvalue weighted by molar-refractivity contribution is 5.20. The van der Waals surface area contributed by atoms with Gasteiger partial charge in [-0.15, -0.1) is 0 Å². The third-order valence-electron chi connectivity index (χ3n) is 3.10. The maximum atomic E-state index is 13.3. The van der Waals surface area contributed by atoms with Gasteiger partial charge >= 0.3 is 47.7 Å². The fourth-order valence-electron chi connectivity index (χ4n) is 1.42. The Kier molecular flexibility index (Phi) is 7.16. The quantitative estimate of drug-likeness (QED) is 0.200. The zero-order valence-electron chi connectivity index (χ0n) is 13.3. The summed E-state index contributed by atoms with van der Waals surface area (Å²) in [4.78, 5) is 0. The Hall–Kier alpha value is -1.91. The molecule has 0 unspecified atom stereocenters. The molecule has 30 heavy (non-hydrogen) atoms. The number of hydrogen-bond donors (Lipinski definition) is 0. The lowest BCUT2D eigenvalue weighted by Crippen LogP contribution is -2.72. The van der Waals surface area contributed by atoms with Crippen LogP contribution in [0.3, 0.4) is 0 Å². The van der Waals surface area contributed by atoms with E-state index in [-0.39, 0.29) is 0 Å².